The van der Waals surface area contributed by atoms with Crippen LogP contribution in [0.5, 0.6) is 11.5 Å². The van der Waals surface area contributed by atoms with Gasteiger partial charge in [-0.05, 0) is 48.1 Å². The minimum Gasteiger partial charge on any atom is -0.493 e. The van der Waals surface area contributed by atoms with E-state index in [0.717, 1.165) is 5.56 Å². The second-order valence-corrected chi connectivity index (χ2v) is 7.75. The van der Waals surface area contributed by atoms with E-state index in [0.29, 0.717) is 30.1 Å². The zero-order chi connectivity index (χ0) is 21.4. The van der Waals surface area contributed by atoms with Gasteiger partial charge in [0.2, 0.25) is 5.91 Å². The highest BCUT2D eigenvalue weighted by Gasteiger charge is 2.14. The molecule has 6 nitrogen and oxygen atoms in total. The molecule has 0 aliphatic heterocycles. The molecule has 0 saturated carbocycles. The summed E-state index contributed by atoms with van der Waals surface area (Å²) >= 11 is 0. The molecule has 0 saturated heterocycles. The van der Waals surface area contributed by atoms with E-state index in [1.54, 1.807) is 18.2 Å². The molecule has 0 heterocycles. The van der Waals surface area contributed by atoms with Gasteiger partial charge in [0.05, 0.1) is 13.7 Å². The molecule has 2 amide bonds. The molecule has 0 aliphatic carbocycles. The summed E-state index contributed by atoms with van der Waals surface area (Å²) in [4.78, 5) is 24.3. The number of methoxy groups -OCH3 is 1. The van der Waals surface area contributed by atoms with E-state index in [4.69, 9.17) is 9.47 Å². The van der Waals surface area contributed by atoms with Gasteiger partial charge < -0.3 is 9.47 Å². The SMILES string of the molecule is CCOc1ccc(C(=O)NNC(=O)CCc2ccc(C(C)(C)C)cc2)cc1OC. The summed E-state index contributed by atoms with van der Waals surface area (Å²) in [6.07, 6.45) is 0.880. The van der Waals surface area contributed by atoms with Gasteiger partial charge in [0.25, 0.3) is 5.91 Å². The molecule has 0 spiro atoms. The Morgan fingerprint density at radius 1 is 0.966 bits per heavy atom. The fraction of sp³-hybridized carbons (Fsp3) is 0.391. The fourth-order valence-corrected chi connectivity index (χ4v) is 2.77. The van der Waals surface area contributed by atoms with Crippen molar-refractivity contribution < 1.29 is 19.1 Å². The largest absolute Gasteiger partial charge is 0.493 e. The van der Waals surface area contributed by atoms with Crippen molar-refractivity contribution in [3.8, 4) is 11.5 Å². The monoisotopic (exact) mass is 398 g/mol. The van der Waals surface area contributed by atoms with Gasteiger partial charge in [0.1, 0.15) is 0 Å². The number of hydrazine groups is 1. The minimum atomic E-state index is -0.422. The molecule has 0 unspecified atom stereocenters. The maximum atomic E-state index is 12.3. The molecule has 0 fully saturated rings. The lowest BCUT2D eigenvalue weighted by atomic mass is 9.86. The van der Waals surface area contributed by atoms with Crippen LogP contribution in [0, 0.1) is 0 Å². The number of aryl methyl sites for hydroxylation is 1. The first-order valence-corrected chi connectivity index (χ1v) is 9.74. The van der Waals surface area contributed by atoms with Gasteiger partial charge in [-0.2, -0.15) is 0 Å². The van der Waals surface area contributed by atoms with E-state index < -0.39 is 5.91 Å². The predicted octanol–water partition coefficient (Wildman–Crippen LogP) is 3.79. The summed E-state index contributed by atoms with van der Waals surface area (Å²) < 4.78 is 10.7. The van der Waals surface area contributed by atoms with Gasteiger partial charge in [-0.15, -0.1) is 0 Å². The average Bonchev–Trinajstić information content (AvgIpc) is 2.70. The second-order valence-electron chi connectivity index (χ2n) is 7.75. The summed E-state index contributed by atoms with van der Waals surface area (Å²) in [6, 6.07) is 13.1. The normalized spacial score (nSPS) is 10.9. The van der Waals surface area contributed by atoms with Crippen LogP contribution in [0.2, 0.25) is 0 Å². The standard InChI is InChI=1S/C23H30N2O4/c1-6-29-19-13-10-17(15-20(19)28-5)22(27)25-24-21(26)14-9-16-7-11-18(12-8-16)23(2,3)4/h7-8,10-13,15H,6,9,14H2,1-5H3,(H,24,26)(H,25,27). The Morgan fingerprint density at radius 2 is 1.66 bits per heavy atom. The molecule has 0 radical (unpaired) electrons. The Kier molecular flexibility index (Phi) is 7.65. The van der Waals surface area contributed by atoms with E-state index in [9.17, 15) is 9.59 Å². The number of ether oxygens (including phenoxy) is 2. The van der Waals surface area contributed by atoms with Gasteiger partial charge in [0.15, 0.2) is 11.5 Å². The third kappa shape index (κ3) is 6.52. The number of hydrogen-bond donors (Lipinski definition) is 2. The Bertz CT molecular complexity index is 839. The maximum absolute atomic E-state index is 12.3. The average molecular weight is 399 g/mol. The molecular weight excluding hydrogens is 368 g/mol. The maximum Gasteiger partial charge on any atom is 0.269 e. The van der Waals surface area contributed by atoms with Crippen molar-refractivity contribution in [2.24, 2.45) is 0 Å². The van der Waals surface area contributed by atoms with Crippen LogP contribution < -0.4 is 20.3 Å². The molecule has 6 heteroatoms. The third-order valence-corrected chi connectivity index (χ3v) is 4.50. The number of rotatable bonds is 7. The van der Waals surface area contributed by atoms with Crippen molar-refractivity contribution in [2.75, 3.05) is 13.7 Å². The summed E-state index contributed by atoms with van der Waals surface area (Å²) in [6.45, 7) is 8.86. The molecular formula is C23H30N2O4. The van der Waals surface area contributed by atoms with E-state index in [1.807, 2.05) is 19.1 Å². The van der Waals surface area contributed by atoms with Crippen molar-refractivity contribution in [1.29, 1.82) is 0 Å². The van der Waals surface area contributed by atoms with Crippen LogP contribution in [0.3, 0.4) is 0 Å². The van der Waals surface area contributed by atoms with Gasteiger partial charge in [-0.25, -0.2) is 0 Å². The Labute approximate surface area is 172 Å². The summed E-state index contributed by atoms with van der Waals surface area (Å²) in [5.74, 6) is 0.350. The topological polar surface area (TPSA) is 76.7 Å². The van der Waals surface area contributed by atoms with Crippen LogP contribution in [-0.2, 0) is 16.6 Å². The zero-order valence-corrected chi connectivity index (χ0v) is 17.8. The number of carbonyl (C=O) groups is 2. The Balaban J connectivity index is 1.85. The van der Waals surface area contributed by atoms with Crippen LogP contribution in [0.4, 0.5) is 0 Å². The van der Waals surface area contributed by atoms with Crippen LogP contribution in [-0.4, -0.2) is 25.5 Å². The summed E-state index contributed by atoms with van der Waals surface area (Å²) in [7, 11) is 1.51. The second kappa shape index (κ2) is 9.96. The van der Waals surface area contributed by atoms with Crippen LogP contribution in [0.15, 0.2) is 42.5 Å². The van der Waals surface area contributed by atoms with Crippen molar-refractivity contribution >= 4 is 11.8 Å². The van der Waals surface area contributed by atoms with E-state index in [2.05, 4.69) is 43.8 Å². The molecule has 0 bridgehead atoms. The lowest BCUT2D eigenvalue weighted by Gasteiger charge is -2.19. The highest BCUT2D eigenvalue weighted by Crippen LogP contribution is 2.28. The van der Waals surface area contributed by atoms with Crippen LogP contribution >= 0.6 is 0 Å². The van der Waals surface area contributed by atoms with Gasteiger partial charge >= 0.3 is 0 Å². The number of amides is 2. The van der Waals surface area contributed by atoms with Crippen molar-refractivity contribution in [3.63, 3.8) is 0 Å². The van der Waals surface area contributed by atoms with E-state index in [1.165, 1.54) is 12.7 Å². The van der Waals surface area contributed by atoms with Gasteiger partial charge in [-0.3, -0.25) is 20.4 Å². The van der Waals surface area contributed by atoms with Gasteiger partial charge in [-0.1, -0.05) is 45.0 Å². The molecule has 2 aromatic rings. The first kappa shape index (κ1) is 22.3. The first-order chi connectivity index (χ1) is 13.7. The molecule has 0 aliphatic rings. The summed E-state index contributed by atoms with van der Waals surface area (Å²) in [5, 5.41) is 0. The number of nitrogens with one attached hydrogen (secondary N) is 2. The first-order valence-electron chi connectivity index (χ1n) is 9.74. The summed E-state index contributed by atoms with van der Waals surface area (Å²) in [5.41, 5.74) is 7.68. The van der Waals surface area contributed by atoms with Crippen LogP contribution in [0.25, 0.3) is 0 Å². The van der Waals surface area contributed by atoms with Gasteiger partial charge in [0, 0.05) is 12.0 Å². The number of benzene rings is 2. The molecule has 0 atom stereocenters. The smallest absolute Gasteiger partial charge is 0.269 e. The zero-order valence-electron chi connectivity index (χ0n) is 17.8. The molecule has 2 aromatic carbocycles. The van der Waals surface area contributed by atoms with Crippen molar-refractivity contribution in [2.45, 2.75) is 46.0 Å². The number of hydrogen-bond acceptors (Lipinski definition) is 4. The Hall–Kier alpha value is -3.02. The van der Waals surface area contributed by atoms with E-state index in [-0.39, 0.29) is 17.7 Å². The minimum absolute atomic E-state index is 0.101. The third-order valence-electron chi connectivity index (χ3n) is 4.50. The molecule has 156 valence electrons. The van der Waals surface area contributed by atoms with Crippen molar-refractivity contribution in [1.82, 2.24) is 10.9 Å². The van der Waals surface area contributed by atoms with Crippen molar-refractivity contribution in [3.05, 3.63) is 59.2 Å². The fourth-order valence-electron chi connectivity index (χ4n) is 2.77. The number of carbonyl (C=O) groups excluding carboxylic acids is 2. The molecule has 2 N–H and O–H groups in total. The van der Waals surface area contributed by atoms with Crippen LogP contribution in [0.1, 0.15) is 55.6 Å². The highest BCUT2D eigenvalue weighted by atomic mass is 16.5. The lowest BCUT2D eigenvalue weighted by molar-refractivity contribution is -0.121. The molecule has 29 heavy (non-hydrogen) atoms. The Morgan fingerprint density at radius 3 is 2.24 bits per heavy atom. The molecule has 2 rings (SSSR count). The lowest BCUT2D eigenvalue weighted by Crippen LogP contribution is -2.41. The predicted molar refractivity (Wildman–Crippen MR) is 113 cm³/mol. The molecule has 0 aromatic heterocycles. The quantitative estimate of drug-likeness (QED) is 0.696. The highest BCUT2D eigenvalue weighted by molar-refractivity contribution is 5.96. The van der Waals surface area contributed by atoms with E-state index >= 15 is 0 Å².